The van der Waals surface area contributed by atoms with Crippen molar-refractivity contribution in [3.8, 4) is 23.2 Å². The second-order valence-corrected chi connectivity index (χ2v) is 5.39. The van der Waals surface area contributed by atoms with Gasteiger partial charge >= 0.3 is 0 Å². The van der Waals surface area contributed by atoms with Crippen molar-refractivity contribution in [3.63, 3.8) is 0 Å². The average molecular weight is 318 g/mol. The van der Waals surface area contributed by atoms with Gasteiger partial charge in [0, 0.05) is 35.6 Å². The van der Waals surface area contributed by atoms with Crippen LogP contribution in [0.1, 0.15) is 49.8 Å². The molecule has 3 aromatic rings. The highest BCUT2D eigenvalue weighted by atomic mass is 16.5. The quantitative estimate of drug-likeness (QED) is 0.684. The standard InChI is InChI=1S/C19H18N4O/c1-3-15(4-2)19-22-18(23-24-19)16-6-8-17(21-13-16)7-5-14-9-11-20-12-10-14/h6,8-13,15H,3-4H2,1-2H3. The molecule has 3 rings (SSSR count). The summed E-state index contributed by atoms with van der Waals surface area (Å²) >= 11 is 0. The molecule has 5 heteroatoms. The van der Waals surface area contributed by atoms with E-state index in [0.717, 1.165) is 24.0 Å². The van der Waals surface area contributed by atoms with E-state index in [9.17, 15) is 0 Å². The maximum Gasteiger partial charge on any atom is 0.230 e. The zero-order chi connectivity index (χ0) is 16.8. The van der Waals surface area contributed by atoms with Crippen molar-refractivity contribution < 1.29 is 4.52 Å². The van der Waals surface area contributed by atoms with Crippen LogP contribution in [-0.4, -0.2) is 20.1 Å². The fourth-order valence-corrected chi connectivity index (χ4v) is 2.33. The lowest BCUT2D eigenvalue weighted by Crippen LogP contribution is -1.95. The van der Waals surface area contributed by atoms with Crippen LogP contribution in [0.25, 0.3) is 11.4 Å². The second-order valence-electron chi connectivity index (χ2n) is 5.39. The Labute approximate surface area is 141 Å². The maximum atomic E-state index is 5.38. The smallest absolute Gasteiger partial charge is 0.230 e. The number of hydrogen-bond acceptors (Lipinski definition) is 5. The SMILES string of the molecule is CCC(CC)c1nc(-c2ccc(C#Cc3ccncc3)nc2)no1. The topological polar surface area (TPSA) is 64.7 Å². The van der Waals surface area contributed by atoms with Crippen LogP contribution >= 0.6 is 0 Å². The monoisotopic (exact) mass is 318 g/mol. The molecule has 0 amide bonds. The van der Waals surface area contributed by atoms with Gasteiger partial charge in [-0.15, -0.1) is 0 Å². The summed E-state index contributed by atoms with van der Waals surface area (Å²) in [5, 5.41) is 4.06. The third kappa shape index (κ3) is 3.66. The lowest BCUT2D eigenvalue weighted by atomic mass is 10.0. The Hall–Kier alpha value is -3.00. The molecule has 0 spiro atoms. The van der Waals surface area contributed by atoms with Gasteiger partial charge in [0.15, 0.2) is 0 Å². The van der Waals surface area contributed by atoms with Crippen LogP contribution in [-0.2, 0) is 0 Å². The summed E-state index contributed by atoms with van der Waals surface area (Å²) < 4.78 is 5.38. The third-order valence-electron chi connectivity index (χ3n) is 3.81. The molecule has 0 saturated heterocycles. The lowest BCUT2D eigenvalue weighted by Gasteiger charge is -2.04. The highest BCUT2D eigenvalue weighted by Gasteiger charge is 2.16. The van der Waals surface area contributed by atoms with Crippen LogP contribution in [0.4, 0.5) is 0 Å². The number of rotatable bonds is 4. The van der Waals surface area contributed by atoms with Gasteiger partial charge in [0.05, 0.1) is 0 Å². The molecule has 3 heterocycles. The van der Waals surface area contributed by atoms with E-state index >= 15 is 0 Å². The van der Waals surface area contributed by atoms with Gasteiger partial charge in [-0.25, -0.2) is 4.98 Å². The van der Waals surface area contributed by atoms with Gasteiger partial charge in [-0.3, -0.25) is 4.98 Å². The number of nitrogens with zero attached hydrogens (tertiary/aromatic N) is 4. The number of aromatic nitrogens is 4. The van der Waals surface area contributed by atoms with Crippen LogP contribution < -0.4 is 0 Å². The van der Waals surface area contributed by atoms with Gasteiger partial charge in [-0.2, -0.15) is 4.98 Å². The summed E-state index contributed by atoms with van der Waals surface area (Å²) in [7, 11) is 0. The normalized spacial score (nSPS) is 10.5. The van der Waals surface area contributed by atoms with E-state index in [1.807, 2.05) is 24.3 Å². The van der Waals surface area contributed by atoms with E-state index < -0.39 is 0 Å². The second kappa shape index (κ2) is 7.51. The van der Waals surface area contributed by atoms with Crippen LogP contribution in [0, 0.1) is 11.8 Å². The summed E-state index contributed by atoms with van der Waals surface area (Å²) in [5.74, 6) is 7.65. The summed E-state index contributed by atoms with van der Waals surface area (Å²) in [6.45, 7) is 4.24. The summed E-state index contributed by atoms with van der Waals surface area (Å²) in [6.07, 6.45) is 7.13. The molecular weight excluding hydrogens is 300 g/mol. The highest BCUT2D eigenvalue weighted by molar-refractivity contribution is 5.54. The van der Waals surface area contributed by atoms with Gasteiger partial charge in [0.1, 0.15) is 5.69 Å². The Morgan fingerprint density at radius 3 is 2.50 bits per heavy atom. The largest absolute Gasteiger partial charge is 0.339 e. The van der Waals surface area contributed by atoms with E-state index in [2.05, 4.69) is 45.8 Å². The van der Waals surface area contributed by atoms with Crippen molar-refractivity contribution in [1.82, 2.24) is 20.1 Å². The first kappa shape index (κ1) is 15.9. The molecule has 5 nitrogen and oxygen atoms in total. The minimum Gasteiger partial charge on any atom is -0.339 e. The zero-order valence-corrected chi connectivity index (χ0v) is 13.7. The maximum absolute atomic E-state index is 5.38. The average Bonchev–Trinajstić information content (AvgIpc) is 3.12. The van der Waals surface area contributed by atoms with Crippen molar-refractivity contribution in [1.29, 1.82) is 0 Å². The molecule has 0 unspecified atom stereocenters. The lowest BCUT2D eigenvalue weighted by molar-refractivity contribution is 0.346. The molecule has 0 saturated carbocycles. The van der Waals surface area contributed by atoms with Gasteiger partial charge in [-0.05, 0) is 43.0 Å². The minimum absolute atomic E-state index is 0.310. The van der Waals surface area contributed by atoms with Crippen molar-refractivity contribution in [2.75, 3.05) is 0 Å². The minimum atomic E-state index is 0.310. The molecular formula is C19H18N4O. The van der Waals surface area contributed by atoms with E-state index in [-0.39, 0.29) is 0 Å². The fraction of sp³-hybridized carbons (Fsp3) is 0.263. The molecule has 0 aliphatic rings. The van der Waals surface area contributed by atoms with Gasteiger partial charge in [0.25, 0.3) is 0 Å². The predicted molar refractivity (Wildman–Crippen MR) is 91.1 cm³/mol. The highest BCUT2D eigenvalue weighted by Crippen LogP contribution is 2.23. The van der Waals surface area contributed by atoms with Gasteiger partial charge < -0.3 is 4.52 Å². The number of hydrogen-bond donors (Lipinski definition) is 0. The van der Waals surface area contributed by atoms with Crippen molar-refractivity contribution in [2.45, 2.75) is 32.6 Å². The first-order chi connectivity index (χ1) is 11.8. The summed E-state index contributed by atoms with van der Waals surface area (Å²) in [4.78, 5) is 12.8. The Balaban J connectivity index is 1.77. The molecule has 0 fully saturated rings. The Bertz CT molecular complexity index is 840. The molecule has 0 atom stereocenters. The Kier molecular flexibility index (Phi) is 4.97. The van der Waals surface area contributed by atoms with Crippen molar-refractivity contribution in [2.24, 2.45) is 0 Å². The summed E-state index contributed by atoms with van der Waals surface area (Å²) in [5.41, 5.74) is 2.42. The van der Waals surface area contributed by atoms with Gasteiger partial charge in [0.2, 0.25) is 11.7 Å². The van der Waals surface area contributed by atoms with Crippen LogP contribution in [0.5, 0.6) is 0 Å². The summed E-state index contributed by atoms with van der Waals surface area (Å²) in [6, 6.07) is 7.49. The predicted octanol–water partition coefficient (Wildman–Crippen LogP) is 3.83. The molecule has 0 radical (unpaired) electrons. The fourth-order valence-electron chi connectivity index (χ4n) is 2.33. The first-order valence-electron chi connectivity index (χ1n) is 8.02. The van der Waals surface area contributed by atoms with Crippen LogP contribution in [0.3, 0.4) is 0 Å². The molecule has 120 valence electrons. The molecule has 0 aliphatic carbocycles. The molecule has 0 bridgehead atoms. The van der Waals surface area contributed by atoms with E-state index in [4.69, 9.17) is 4.52 Å². The molecule has 24 heavy (non-hydrogen) atoms. The first-order valence-corrected chi connectivity index (χ1v) is 8.02. The van der Waals surface area contributed by atoms with E-state index in [0.29, 0.717) is 23.3 Å². The third-order valence-corrected chi connectivity index (χ3v) is 3.81. The molecule has 0 aliphatic heterocycles. The van der Waals surface area contributed by atoms with Crippen LogP contribution in [0.15, 0.2) is 47.4 Å². The Morgan fingerprint density at radius 2 is 1.83 bits per heavy atom. The zero-order valence-electron chi connectivity index (χ0n) is 13.7. The van der Waals surface area contributed by atoms with Crippen molar-refractivity contribution in [3.05, 3.63) is 60.0 Å². The van der Waals surface area contributed by atoms with Gasteiger partial charge in [-0.1, -0.05) is 24.9 Å². The van der Waals surface area contributed by atoms with E-state index in [1.54, 1.807) is 18.6 Å². The van der Waals surface area contributed by atoms with E-state index in [1.165, 1.54) is 0 Å². The van der Waals surface area contributed by atoms with Crippen LogP contribution in [0.2, 0.25) is 0 Å². The van der Waals surface area contributed by atoms with Crippen molar-refractivity contribution >= 4 is 0 Å². The molecule has 0 aromatic carbocycles. The number of pyridine rings is 2. The molecule has 3 aromatic heterocycles. The Morgan fingerprint density at radius 1 is 1.04 bits per heavy atom. The molecule has 0 N–H and O–H groups in total.